The van der Waals surface area contributed by atoms with Crippen molar-refractivity contribution in [2.75, 3.05) is 0 Å². The molecule has 0 unspecified atom stereocenters. The van der Waals surface area contributed by atoms with Crippen LogP contribution in [0.5, 0.6) is 0 Å². The number of carbonyl (C=O) groups excluding carboxylic acids is 1. The first-order chi connectivity index (χ1) is 13.0. The van der Waals surface area contributed by atoms with Gasteiger partial charge < -0.3 is 9.72 Å². The van der Waals surface area contributed by atoms with E-state index in [1.165, 1.54) is 11.3 Å². The summed E-state index contributed by atoms with van der Waals surface area (Å²) in [6, 6.07) is 9.85. The van der Waals surface area contributed by atoms with Crippen LogP contribution in [0.25, 0.3) is 10.2 Å². The van der Waals surface area contributed by atoms with Crippen LogP contribution in [0.4, 0.5) is 0 Å². The second-order valence-corrected chi connectivity index (χ2v) is 8.41. The van der Waals surface area contributed by atoms with E-state index in [2.05, 4.69) is 9.97 Å². The molecule has 1 aliphatic carbocycles. The summed E-state index contributed by atoms with van der Waals surface area (Å²) in [5, 5.41) is 0.629. The van der Waals surface area contributed by atoms with Gasteiger partial charge in [0.25, 0.3) is 5.56 Å². The van der Waals surface area contributed by atoms with Gasteiger partial charge in [-0.3, -0.25) is 9.59 Å². The average molecular weight is 382 g/mol. The minimum atomic E-state index is -0.582. The van der Waals surface area contributed by atoms with Crippen LogP contribution in [0, 0.1) is 13.8 Å². The minimum absolute atomic E-state index is 0.0193. The Kier molecular flexibility index (Phi) is 4.60. The van der Waals surface area contributed by atoms with Crippen LogP contribution in [0.2, 0.25) is 0 Å². The van der Waals surface area contributed by atoms with Crippen molar-refractivity contribution in [3.63, 3.8) is 0 Å². The number of H-pyrrole nitrogens is 1. The van der Waals surface area contributed by atoms with Crippen LogP contribution in [-0.2, 0) is 21.6 Å². The highest BCUT2D eigenvalue weighted by atomic mass is 32.1. The van der Waals surface area contributed by atoms with E-state index in [1.807, 2.05) is 44.2 Å². The van der Waals surface area contributed by atoms with E-state index in [-0.39, 0.29) is 18.1 Å². The molecule has 0 atom stereocenters. The number of thiophene rings is 1. The molecule has 1 saturated carbocycles. The lowest BCUT2D eigenvalue weighted by molar-refractivity contribution is -0.152. The Morgan fingerprint density at radius 2 is 1.93 bits per heavy atom. The smallest absolute Gasteiger partial charge is 0.317 e. The molecule has 0 radical (unpaired) electrons. The van der Waals surface area contributed by atoms with Gasteiger partial charge in [-0.15, -0.1) is 11.3 Å². The highest BCUT2D eigenvalue weighted by molar-refractivity contribution is 7.18. The van der Waals surface area contributed by atoms with E-state index in [0.29, 0.717) is 16.0 Å². The maximum Gasteiger partial charge on any atom is 0.317 e. The summed E-state index contributed by atoms with van der Waals surface area (Å²) in [5.41, 5.74) is 1.21. The molecule has 1 fully saturated rings. The first-order valence-electron chi connectivity index (χ1n) is 9.23. The van der Waals surface area contributed by atoms with E-state index in [9.17, 15) is 9.59 Å². The third kappa shape index (κ3) is 3.08. The molecule has 1 aromatic carbocycles. The molecule has 0 saturated heterocycles. The highest BCUT2D eigenvalue weighted by Gasteiger charge is 2.44. The Morgan fingerprint density at radius 3 is 2.63 bits per heavy atom. The number of hydrogen-bond acceptors (Lipinski definition) is 5. The van der Waals surface area contributed by atoms with Crippen molar-refractivity contribution < 1.29 is 9.53 Å². The number of nitrogens with one attached hydrogen (secondary N) is 1. The van der Waals surface area contributed by atoms with Gasteiger partial charge in [-0.2, -0.15) is 0 Å². The van der Waals surface area contributed by atoms with E-state index in [1.54, 1.807) is 0 Å². The molecule has 0 bridgehead atoms. The fraction of sp³-hybridized carbons (Fsp3) is 0.381. The molecular weight excluding hydrogens is 360 g/mol. The summed E-state index contributed by atoms with van der Waals surface area (Å²) >= 11 is 1.49. The molecule has 0 spiro atoms. The second kappa shape index (κ2) is 6.93. The van der Waals surface area contributed by atoms with Crippen molar-refractivity contribution in [1.82, 2.24) is 9.97 Å². The molecule has 4 rings (SSSR count). The maximum absolute atomic E-state index is 13.0. The normalized spacial score (nSPS) is 15.9. The van der Waals surface area contributed by atoms with Crippen LogP contribution in [-0.4, -0.2) is 15.9 Å². The third-order valence-corrected chi connectivity index (χ3v) is 6.70. The Bertz CT molecular complexity index is 1050. The molecule has 2 aromatic heterocycles. The molecule has 27 heavy (non-hydrogen) atoms. The van der Waals surface area contributed by atoms with Crippen LogP contribution in [0.15, 0.2) is 35.1 Å². The fourth-order valence-corrected chi connectivity index (χ4v) is 5.03. The van der Waals surface area contributed by atoms with E-state index < -0.39 is 5.41 Å². The number of aromatic amines is 1. The van der Waals surface area contributed by atoms with Gasteiger partial charge in [-0.1, -0.05) is 43.2 Å². The average Bonchev–Trinajstić information content (AvgIpc) is 3.27. The van der Waals surface area contributed by atoms with Crippen molar-refractivity contribution in [1.29, 1.82) is 0 Å². The molecule has 1 N–H and O–H groups in total. The van der Waals surface area contributed by atoms with Crippen molar-refractivity contribution in [2.45, 2.75) is 51.6 Å². The minimum Gasteiger partial charge on any atom is -0.457 e. The molecule has 5 nitrogen and oxygen atoms in total. The molecule has 1 aliphatic rings. The summed E-state index contributed by atoms with van der Waals surface area (Å²) in [7, 11) is 0. The Morgan fingerprint density at radius 1 is 1.22 bits per heavy atom. The number of rotatable bonds is 4. The van der Waals surface area contributed by atoms with Crippen LogP contribution < -0.4 is 5.56 Å². The van der Waals surface area contributed by atoms with Crippen LogP contribution in [0.1, 0.15) is 47.5 Å². The fourth-order valence-electron chi connectivity index (χ4n) is 3.99. The van der Waals surface area contributed by atoms with Gasteiger partial charge in [-0.25, -0.2) is 4.98 Å². The third-order valence-electron chi connectivity index (χ3n) is 5.60. The molecule has 0 aliphatic heterocycles. The van der Waals surface area contributed by atoms with Crippen LogP contribution in [0.3, 0.4) is 0 Å². The van der Waals surface area contributed by atoms with Gasteiger partial charge in [-0.05, 0) is 37.8 Å². The quantitative estimate of drug-likeness (QED) is 0.688. The van der Waals surface area contributed by atoms with E-state index in [4.69, 9.17) is 4.74 Å². The summed E-state index contributed by atoms with van der Waals surface area (Å²) in [5.74, 6) is 0.163. The lowest BCUT2D eigenvalue weighted by Crippen LogP contribution is -2.34. The molecule has 0 amide bonds. The molecule has 3 aromatic rings. The summed E-state index contributed by atoms with van der Waals surface area (Å²) in [6.07, 6.45) is 3.61. The van der Waals surface area contributed by atoms with Gasteiger partial charge in [0.15, 0.2) is 0 Å². The number of aromatic nitrogens is 2. The molecule has 6 heteroatoms. The van der Waals surface area contributed by atoms with E-state index in [0.717, 1.165) is 41.7 Å². The van der Waals surface area contributed by atoms with Gasteiger partial charge in [0, 0.05) is 4.88 Å². The predicted molar refractivity (Wildman–Crippen MR) is 106 cm³/mol. The topological polar surface area (TPSA) is 72.0 Å². The van der Waals surface area contributed by atoms with Gasteiger partial charge in [0.05, 0.1) is 10.8 Å². The highest BCUT2D eigenvalue weighted by Crippen LogP contribution is 2.42. The summed E-state index contributed by atoms with van der Waals surface area (Å²) in [6.45, 7) is 3.88. The van der Waals surface area contributed by atoms with Crippen molar-refractivity contribution in [3.8, 4) is 0 Å². The number of benzene rings is 1. The number of esters is 1. The number of aryl methyl sites for hydroxylation is 2. The second-order valence-electron chi connectivity index (χ2n) is 7.21. The maximum atomic E-state index is 13.0. The standard InChI is InChI=1S/C21H22N2O3S/c1-13-14(2)27-19-17(13)18(24)22-16(23-19)12-26-20(25)21(10-6-7-11-21)15-8-4-3-5-9-15/h3-5,8-9H,6-7,10-12H2,1-2H3,(H,22,23,24). The van der Waals surface area contributed by atoms with Gasteiger partial charge in [0.2, 0.25) is 0 Å². The number of nitrogens with zero attached hydrogens (tertiary/aromatic N) is 1. The predicted octanol–water partition coefficient (Wildman–Crippen LogP) is 4.16. The largest absolute Gasteiger partial charge is 0.457 e. The Labute approximate surface area is 161 Å². The Hall–Kier alpha value is -2.47. The lowest BCUT2D eigenvalue weighted by Gasteiger charge is -2.27. The van der Waals surface area contributed by atoms with Crippen molar-refractivity contribution in [3.05, 3.63) is 62.5 Å². The number of hydrogen-bond donors (Lipinski definition) is 1. The van der Waals surface area contributed by atoms with E-state index >= 15 is 0 Å². The Balaban J connectivity index is 1.58. The molecule has 140 valence electrons. The van der Waals surface area contributed by atoms with Crippen LogP contribution >= 0.6 is 11.3 Å². The number of fused-ring (bicyclic) bond motifs is 1. The number of ether oxygens (including phenoxy) is 1. The van der Waals surface area contributed by atoms with Crippen molar-refractivity contribution >= 4 is 27.5 Å². The first-order valence-corrected chi connectivity index (χ1v) is 10.0. The van der Waals surface area contributed by atoms with Gasteiger partial charge in [0.1, 0.15) is 17.3 Å². The zero-order chi connectivity index (χ0) is 19.0. The summed E-state index contributed by atoms with van der Waals surface area (Å²) < 4.78 is 5.64. The van der Waals surface area contributed by atoms with Gasteiger partial charge >= 0.3 is 5.97 Å². The zero-order valence-electron chi connectivity index (χ0n) is 15.5. The first kappa shape index (κ1) is 17.9. The zero-order valence-corrected chi connectivity index (χ0v) is 16.3. The number of carbonyl (C=O) groups is 1. The SMILES string of the molecule is Cc1sc2nc(COC(=O)C3(c4ccccc4)CCCC3)[nH]c(=O)c2c1C. The van der Waals surface area contributed by atoms with Crippen molar-refractivity contribution in [2.24, 2.45) is 0 Å². The lowest BCUT2D eigenvalue weighted by atomic mass is 9.79. The molecule has 2 heterocycles. The molecular formula is C21H22N2O3S. The monoisotopic (exact) mass is 382 g/mol. The summed E-state index contributed by atoms with van der Waals surface area (Å²) in [4.78, 5) is 34.4.